The Labute approximate surface area is 145 Å². The van der Waals surface area contributed by atoms with Crippen molar-refractivity contribution in [3.8, 4) is 0 Å². The Balaban J connectivity index is 0.00000264. The molecular weight excluding hydrogens is 336 g/mol. The molecule has 6 nitrogen and oxygen atoms in total. The maximum Gasteiger partial charge on any atom is 0.275 e. The van der Waals surface area contributed by atoms with E-state index in [1.165, 1.54) is 16.2 Å². The Morgan fingerprint density at radius 1 is 1.35 bits per heavy atom. The van der Waals surface area contributed by atoms with E-state index >= 15 is 0 Å². The van der Waals surface area contributed by atoms with Crippen molar-refractivity contribution in [2.24, 2.45) is 5.73 Å². The van der Waals surface area contributed by atoms with Crippen molar-refractivity contribution in [2.45, 2.75) is 6.42 Å². The Kier molecular flexibility index (Phi) is 7.15. The first-order chi connectivity index (χ1) is 10.5. The third-order valence-corrected chi connectivity index (χ3v) is 3.82. The van der Waals surface area contributed by atoms with Gasteiger partial charge in [-0.1, -0.05) is 6.07 Å². The van der Waals surface area contributed by atoms with Gasteiger partial charge in [0.25, 0.3) is 11.8 Å². The van der Waals surface area contributed by atoms with Crippen LogP contribution in [0.5, 0.6) is 0 Å². The second kappa shape index (κ2) is 8.61. The molecule has 0 saturated heterocycles. The van der Waals surface area contributed by atoms with Gasteiger partial charge in [0, 0.05) is 37.1 Å². The second-order valence-corrected chi connectivity index (χ2v) is 5.84. The lowest BCUT2D eigenvalue weighted by atomic mass is 10.2. The summed E-state index contributed by atoms with van der Waals surface area (Å²) in [7, 11) is 3.36. The van der Waals surface area contributed by atoms with Gasteiger partial charge >= 0.3 is 0 Å². The van der Waals surface area contributed by atoms with Crippen LogP contribution in [0.25, 0.3) is 0 Å². The number of carbonyl (C=O) groups is 2. The monoisotopic (exact) mass is 354 g/mol. The number of carbonyl (C=O) groups excluding carboxylic acids is 2. The minimum atomic E-state index is -0.297. The first kappa shape index (κ1) is 19.1. The summed E-state index contributed by atoms with van der Waals surface area (Å²) in [6.07, 6.45) is 0.658. The van der Waals surface area contributed by atoms with Crippen molar-refractivity contribution < 1.29 is 9.59 Å². The summed E-state index contributed by atoms with van der Waals surface area (Å²) in [5.74, 6) is -0.413. The van der Waals surface area contributed by atoms with Gasteiger partial charge in [-0.3, -0.25) is 9.59 Å². The molecule has 0 fully saturated rings. The number of hydrogen-bond donors (Lipinski definition) is 2. The topological polar surface area (TPSA) is 88.3 Å². The third-order valence-electron chi connectivity index (χ3n) is 2.92. The molecule has 2 amide bonds. The van der Waals surface area contributed by atoms with Crippen molar-refractivity contribution in [1.29, 1.82) is 0 Å². The van der Waals surface area contributed by atoms with E-state index < -0.39 is 0 Å². The van der Waals surface area contributed by atoms with Crippen molar-refractivity contribution in [1.82, 2.24) is 9.88 Å². The fourth-order valence-corrected chi connectivity index (χ4v) is 2.63. The molecule has 0 aliphatic heterocycles. The molecule has 23 heavy (non-hydrogen) atoms. The van der Waals surface area contributed by atoms with Gasteiger partial charge in [-0.05, 0) is 24.7 Å². The lowest BCUT2D eigenvalue weighted by Gasteiger charge is -2.11. The van der Waals surface area contributed by atoms with Crippen LogP contribution in [0.1, 0.15) is 25.9 Å². The predicted octanol–water partition coefficient (Wildman–Crippen LogP) is 2.02. The van der Waals surface area contributed by atoms with E-state index in [-0.39, 0.29) is 24.2 Å². The van der Waals surface area contributed by atoms with Crippen molar-refractivity contribution in [3.63, 3.8) is 0 Å². The number of anilines is 1. The number of rotatable bonds is 5. The average molecular weight is 355 g/mol. The zero-order chi connectivity index (χ0) is 16.1. The summed E-state index contributed by atoms with van der Waals surface area (Å²) >= 11 is 1.41. The van der Waals surface area contributed by atoms with Gasteiger partial charge in [-0.2, -0.15) is 0 Å². The van der Waals surface area contributed by atoms with Crippen LogP contribution in [-0.4, -0.2) is 42.3 Å². The number of aromatic nitrogens is 1. The summed E-state index contributed by atoms with van der Waals surface area (Å²) in [4.78, 5) is 29.8. The van der Waals surface area contributed by atoms with E-state index in [2.05, 4.69) is 10.3 Å². The normalized spacial score (nSPS) is 9.87. The van der Waals surface area contributed by atoms with Crippen molar-refractivity contribution >= 4 is 41.2 Å². The molecule has 2 rings (SSSR count). The molecule has 1 aromatic carbocycles. The Bertz CT molecular complexity index is 688. The minimum absolute atomic E-state index is 0. The molecule has 0 saturated carbocycles. The molecule has 1 heterocycles. The zero-order valence-corrected chi connectivity index (χ0v) is 14.5. The number of hydrogen-bond acceptors (Lipinski definition) is 5. The summed E-state index contributed by atoms with van der Waals surface area (Å²) in [5, 5.41) is 5.29. The van der Waals surface area contributed by atoms with E-state index in [9.17, 15) is 9.59 Å². The fraction of sp³-hybridized carbons (Fsp3) is 0.267. The minimum Gasteiger partial charge on any atom is -0.345 e. The molecule has 0 aliphatic rings. The SMILES string of the molecule is CN(C)C(=O)c1cccc(NC(=O)c2csc(CCN)n2)c1.Cl. The van der Waals surface area contributed by atoms with Gasteiger partial charge in [-0.25, -0.2) is 4.98 Å². The molecule has 0 atom stereocenters. The molecule has 8 heteroatoms. The predicted molar refractivity (Wildman–Crippen MR) is 94.5 cm³/mol. The summed E-state index contributed by atoms with van der Waals surface area (Å²) < 4.78 is 0. The van der Waals surface area contributed by atoms with E-state index in [1.807, 2.05) is 0 Å². The number of nitrogens with one attached hydrogen (secondary N) is 1. The highest BCUT2D eigenvalue weighted by Crippen LogP contribution is 2.15. The Morgan fingerprint density at radius 2 is 2.09 bits per heavy atom. The van der Waals surface area contributed by atoms with Gasteiger partial charge in [0.2, 0.25) is 0 Å². The standard InChI is InChI=1S/C15H18N4O2S.ClH/c1-19(2)15(21)10-4-3-5-11(8-10)17-14(20)12-9-22-13(18-12)6-7-16;/h3-5,8-9H,6-7,16H2,1-2H3,(H,17,20);1H. The molecule has 0 aliphatic carbocycles. The largest absolute Gasteiger partial charge is 0.345 e. The highest BCUT2D eigenvalue weighted by molar-refractivity contribution is 7.09. The quantitative estimate of drug-likeness (QED) is 0.859. The second-order valence-electron chi connectivity index (χ2n) is 4.90. The van der Waals surface area contributed by atoms with Crippen LogP contribution in [0.4, 0.5) is 5.69 Å². The Morgan fingerprint density at radius 3 is 2.74 bits per heavy atom. The molecule has 0 spiro atoms. The van der Waals surface area contributed by atoms with Gasteiger partial charge < -0.3 is 16.0 Å². The van der Waals surface area contributed by atoms with Gasteiger partial charge in [-0.15, -0.1) is 23.7 Å². The highest BCUT2D eigenvalue weighted by Gasteiger charge is 2.13. The molecule has 0 bridgehead atoms. The lowest BCUT2D eigenvalue weighted by molar-refractivity contribution is 0.0827. The molecule has 124 valence electrons. The summed E-state index contributed by atoms with van der Waals surface area (Å²) in [6, 6.07) is 6.82. The van der Waals surface area contributed by atoms with Gasteiger partial charge in [0.05, 0.1) is 5.01 Å². The first-order valence-corrected chi connectivity index (χ1v) is 7.66. The first-order valence-electron chi connectivity index (χ1n) is 6.79. The maximum absolute atomic E-state index is 12.2. The summed E-state index contributed by atoms with van der Waals surface area (Å²) in [5.41, 5.74) is 6.91. The van der Waals surface area contributed by atoms with Crippen LogP contribution in [0.3, 0.4) is 0 Å². The fourth-order valence-electron chi connectivity index (χ4n) is 1.84. The summed E-state index contributed by atoms with van der Waals surface area (Å²) in [6.45, 7) is 0.503. The number of thiazole rings is 1. The molecule has 3 N–H and O–H groups in total. The van der Waals surface area contributed by atoms with Gasteiger partial charge in [0.15, 0.2) is 0 Å². The van der Waals surface area contributed by atoms with Crippen LogP contribution >= 0.6 is 23.7 Å². The van der Waals surface area contributed by atoms with E-state index in [0.717, 1.165) is 5.01 Å². The van der Waals surface area contributed by atoms with Crippen LogP contribution in [0, 0.1) is 0 Å². The van der Waals surface area contributed by atoms with E-state index in [4.69, 9.17) is 5.73 Å². The highest BCUT2D eigenvalue weighted by atomic mass is 35.5. The number of nitrogens with zero attached hydrogens (tertiary/aromatic N) is 2. The van der Waals surface area contributed by atoms with Crippen LogP contribution in [0.15, 0.2) is 29.6 Å². The third kappa shape index (κ3) is 5.02. The van der Waals surface area contributed by atoms with Crippen molar-refractivity contribution in [3.05, 3.63) is 45.9 Å². The van der Waals surface area contributed by atoms with Crippen molar-refractivity contribution in [2.75, 3.05) is 26.0 Å². The number of amides is 2. The van der Waals surface area contributed by atoms with Crippen LogP contribution < -0.4 is 11.1 Å². The lowest BCUT2D eigenvalue weighted by Crippen LogP contribution is -2.22. The molecule has 0 unspecified atom stereocenters. The van der Waals surface area contributed by atoms with Crippen LogP contribution in [-0.2, 0) is 6.42 Å². The van der Waals surface area contributed by atoms with E-state index in [0.29, 0.717) is 29.9 Å². The average Bonchev–Trinajstić information content (AvgIpc) is 2.96. The van der Waals surface area contributed by atoms with Gasteiger partial charge in [0.1, 0.15) is 5.69 Å². The number of benzene rings is 1. The Hall–Kier alpha value is -1.96. The zero-order valence-electron chi connectivity index (χ0n) is 12.9. The van der Waals surface area contributed by atoms with E-state index in [1.54, 1.807) is 43.7 Å². The molecule has 2 aromatic rings. The molecule has 1 aromatic heterocycles. The van der Waals surface area contributed by atoms with Crippen LogP contribution in [0.2, 0.25) is 0 Å². The number of nitrogens with two attached hydrogens (primary N) is 1. The maximum atomic E-state index is 12.2. The molecular formula is C15H19ClN4O2S. The smallest absolute Gasteiger partial charge is 0.275 e. The number of halogens is 1. The molecule has 0 radical (unpaired) electrons.